The first kappa shape index (κ1) is 20.5. The summed E-state index contributed by atoms with van der Waals surface area (Å²) in [4.78, 5) is 25.9. The van der Waals surface area contributed by atoms with Crippen LogP contribution in [-0.2, 0) is 16.1 Å². The van der Waals surface area contributed by atoms with Crippen LogP contribution in [0.5, 0.6) is 5.75 Å². The van der Waals surface area contributed by atoms with Gasteiger partial charge in [0.15, 0.2) is 0 Å². The lowest BCUT2D eigenvalue weighted by molar-refractivity contribution is -0.117. The number of amides is 1. The molecule has 1 N–H and O–H groups in total. The third-order valence-electron chi connectivity index (χ3n) is 3.87. The molecule has 0 heterocycles. The summed E-state index contributed by atoms with van der Waals surface area (Å²) >= 11 is 0. The van der Waals surface area contributed by atoms with Crippen LogP contribution < -0.4 is 10.1 Å². The van der Waals surface area contributed by atoms with Crippen molar-refractivity contribution in [3.05, 3.63) is 59.7 Å². The van der Waals surface area contributed by atoms with E-state index in [-0.39, 0.29) is 18.4 Å². The summed E-state index contributed by atoms with van der Waals surface area (Å²) < 4.78 is 10.2. The Morgan fingerprint density at radius 1 is 1.04 bits per heavy atom. The van der Waals surface area contributed by atoms with Crippen molar-refractivity contribution in [1.82, 2.24) is 4.90 Å². The largest absolute Gasteiger partial charge is 0.497 e. The topological polar surface area (TPSA) is 67.9 Å². The molecule has 6 nitrogen and oxygen atoms in total. The van der Waals surface area contributed by atoms with Crippen LogP contribution in [0, 0.1) is 0 Å². The number of carbonyl (C=O) groups is 2. The van der Waals surface area contributed by atoms with Crippen molar-refractivity contribution in [2.24, 2.45) is 0 Å². The van der Waals surface area contributed by atoms with E-state index in [1.807, 2.05) is 43.1 Å². The van der Waals surface area contributed by atoms with Gasteiger partial charge in [-0.3, -0.25) is 9.69 Å². The van der Waals surface area contributed by atoms with Crippen LogP contribution in [0.2, 0.25) is 0 Å². The number of hydrogen-bond donors (Lipinski definition) is 1. The van der Waals surface area contributed by atoms with Crippen LogP contribution in [-0.4, -0.2) is 44.1 Å². The number of anilines is 1. The fourth-order valence-electron chi connectivity index (χ4n) is 2.51. The quantitative estimate of drug-likeness (QED) is 0.686. The number of nitrogens with zero attached hydrogens (tertiary/aromatic N) is 1. The SMILES string of the molecule is CCCOC(=O)c1ccc(NC(=O)CN(C)Cc2ccc(OC)cc2)cc1. The predicted octanol–water partition coefficient (Wildman–Crippen LogP) is 3.33. The third kappa shape index (κ3) is 6.75. The highest BCUT2D eigenvalue weighted by Crippen LogP contribution is 2.13. The zero-order valence-electron chi connectivity index (χ0n) is 16.0. The lowest BCUT2D eigenvalue weighted by Gasteiger charge is -2.16. The first-order valence-corrected chi connectivity index (χ1v) is 8.90. The molecule has 0 fully saturated rings. The summed E-state index contributed by atoms with van der Waals surface area (Å²) in [5.41, 5.74) is 2.21. The lowest BCUT2D eigenvalue weighted by Crippen LogP contribution is -2.29. The van der Waals surface area contributed by atoms with Gasteiger partial charge in [0.1, 0.15) is 5.75 Å². The van der Waals surface area contributed by atoms with E-state index in [0.717, 1.165) is 17.7 Å². The molecule has 0 bridgehead atoms. The van der Waals surface area contributed by atoms with Crippen molar-refractivity contribution >= 4 is 17.6 Å². The van der Waals surface area contributed by atoms with Gasteiger partial charge < -0.3 is 14.8 Å². The molecular weight excluding hydrogens is 344 g/mol. The normalized spacial score (nSPS) is 10.5. The molecule has 144 valence electrons. The highest BCUT2D eigenvalue weighted by Gasteiger charge is 2.10. The number of ether oxygens (including phenoxy) is 2. The molecule has 0 radical (unpaired) electrons. The summed E-state index contributed by atoms with van der Waals surface area (Å²) in [5.74, 6) is 0.336. The highest BCUT2D eigenvalue weighted by molar-refractivity contribution is 5.94. The fraction of sp³-hybridized carbons (Fsp3) is 0.333. The van der Waals surface area contributed by atoms with E-state index in [0.29, 0.717) is 24.4 Å². The van der Waals surface area contributed by atoms with Crippen molar-refractivity contribution in [1.29, 1.82) is 0 Å². The number of nitrogens with one attached hydrogen (secondary N) is 1. The molecule has 2 aromatic rings. The van der Waals surface area contributed by atoms with E-state index >= 15 is 0 Å². The molecule has 0 spiro atoms. The first-order chi connectivity index (χ1) is 13.0. The van der Waals surface area contributed by atoms with Crippen molar-refractivity contribution < 1.29 is 19.1 Å². The minimum atomic E-state index is -0.353. The molecule has 0 aliphatic carbocycles. The highest BCUT2D eigenvalue weighted by atomic mass is 16.5. The molecule has 0 aromatic heterocycles. The van der Waals surface area contributed by atoms with Gasteiger partial charge in [-0.1, -0.05) is 19.1 Å². The molecule has 0 aliphatic heterocycles. The second-order valence-electron chi connectivity index (χ2n) is 6.28. The van der Waals surface area contributed by atoms with Gasteiger partial charge in [0.2, 0.25) is 5.91 Å². The zero-order chi connectivity index (χ0) is 19.6. The summed E-state index contributed by atoms with van der Waals surface area (Å²) in [6.45, 7) is 3.25. The van der Waals surface area contributed by atoms with Crippen LogP contribution in [0.4, 0.5) is 5.69 Å². The number of likely N-dealkylation sites (N-methyl/N-ethyl adjacent to an activating group) is 1. The van der Waals surface area contributed by atoms with Crippen LogP contribution in [0.25, 0.3) is 0 Å². The van der Waals surface area contributed by atoms with Crippen molar-refractivity contribution in [2.75, 3.05) is 32.6 Å². The number of benzene rings is 2. The van der Waals surface area contributed by atoms with Gasteiger partial charge in [-0.25, -0.2) is 4.79 Å². The first-order valence-electron chi connectivity index (χ1n) is 8.90. The zero-order valence-corrected chi connectivity index (χ0v) is 16.0. The van der Waals surface area contributed by atoms with Gasteiger partial charge >= 0.3 is 5.97 Å². The Morgan fingerprint density at radius 3 is 2.30 bits per heavy atom. The predicted molar refractivity (Wildman–Crippen MR) is 105 cm³/mol. The van der Waals surface area contributed by atoms with Gasteiger partial charge in [-0.05, 0) is 55.4 Å². The van der Waals surface area contributed by atoms with Gasteiger partial charge in [-0.2, -0.15) is 0 Å². The maximum atomic E-state index is 12.2. The van der Waals surface area contributed by atoms with Crippen LogP contribution in [0.3, 0.4) is 0 Å². The lowest BCUT2D eigenvalue weighted by atomic mass is 10.2. The molecule has 0 saturated carbocycles. The van der Waals surface area contributed by atoms with Crippen molar-refractivity contribution in [3.63, 3.8) is 0 Å². The molecule has 27 heavy (non-hydrogen) atoms. The molecule has 6 heteroatoms. The van der Waals surface area contributed by atoms with Gasteiger partial charge in [0.25, 0.3) is 0 Å². The van der Waals surface area contributed by atoms with Crippen molar-refractivity contribution in [2.45, 2.75) is 19.9 Å². The van der Waals surface area contributed by atoms with Gasteiger partial charge in [0.05, 0.1) is 25.8 Å². The van der Waals surface area contributed by atoms with E-state index in [9.17, 15) is 9.59 Å². The maximum Gasteiger partial charge on any atom is 0.338 e. The average Bonchev–Trinajstić information content (AvgIpc) is 2.67. The molecular formula is C21H26N2O4. The summed E-state index contributed by atoms with van der Waals surface area (Å²) in [6, 6.07) is 14.4. The monoisotopic (exact) mass is 370 g/mol. The van der Waals surface area contributed by atoms with Crippen LogP contribution in [0.1, 0.15) is 29.3 Å². The molecule has 0 saturated heterocycles. The molecule has 0 unspecified atom stereocenters. The second-order valence-corrected chi connectivity index (χ2v) is 6.28. The Bertz CT molecular complexity index is 742. The Balaban J connectivity index is 1.82. The fourth-order valence-corrected chi connectivity index (χ4v) is 2.51. The van der Waals surface area contributed by atoms with Crippen LogP contribution in [0.15, 0.2) is 48.5 Å². The Kier molecular flexibility index (Phi) is 7.82. The molecule has 0 aliphatic rings. The Hall–Kier alpha value is -2.86. The minimum absolute atomic E-state index is 0.118. The molecule has 1 amide bonds. The average molecular weight is 370 g/mol. The molecule has 0 atom stereocenters. The van der Waals surface area contributed by atoms with Gasteiger partial charge in [0, 0.05) is 12.2 Å². The van der Waals surface area contributed by atoms with E-state index < -0.39 is 0 Å². The van der Waals surface area contributed by atoms with Gasteiger partial charge in [-0.15, -0.1) is 0 Å². The minimum Gasteiger partial charge on any atom is -0.497 e. The van der Waals surface area contributed by atoms with Crippen LogP contribution >= 0.6 is 0 Å². The molecule has 2 aromatic carbocycles. The maximum absolute atomic E-state index is 12.2. The standard InChI is InChI=1S/C21H26N2O4/c1-4-13-27-21(25)17-7-9-18(10-8-17)22-20(24)15-23(2)14-16-5-11-19(26-3)12-6-16/h5-12H,4,13-15H2,1-3H3,(H,22,24). The third-order valence-corrected chi connectivity index (χ3v) is 3.87. The number of carbonyl (C=O) groups excluding carboxylic acids is 2. The number of esters is 1. The number of methoxy groups -OCH3 is 1. The summed E-state index contributed by atoms with van der Waals surface area (Å²) in [5, 5.41) is 2.83. The summed E-state index contributed by atoms with van der Waals surface area (Å²) in [6.07, 6.45) is 0.782. The van der Waals surface area contributed by atoms with E-state index in [2.05, 4.69) is 5.32 Å². The smallest absolute Gasteiger partial charge is 0.338 e. The van der Waals surface area contributed by atoms with E-state index in [1.54, 1.807) is 31.4 Å². The number of hydrogen-bond acceptors (Lipinski definition) is 5. The van der Waals surface area contributed by atoms with Crippen molar-refractivity contribution in [3.8, 4) is 5.75 Å². The number of rotatable bonds is 9. The molecule has 2 rings (SSSR count). The van der Waals surface area contributed by atoms with E-state index in [4.69, 9.17) is 9.47 Å². The Morgan fingerprint density at radius 2 is 1.70 bits per heavy atom. The van der Waals surface area contributed by atoms with E-state index in [1.165, 1.54) is 0 Å². The second kappa shape index (κ2) is 10.3. The Labute approximate surface area is 160 Å². The summed E-state index contributed by atoms with van der Waals surface area (Å²) in [7, 11) is 3.52.